The normalized spacial score (nSPS) is 17.7. The van der Waals surface area contributed by atoms with E-state index < -0.39 is 0 Å². The number of piperazine rings is 1. The van der Waals surface area contributed by atoms with Gasteiger partial charge < -0.3 is 14.2 Å². The van der Waals surface area contributed by atoms with Crippen LogP contribution in [-0.4, -0.2) is 47.0 Å². The summed E-state index contributed by atoms with van der Waals surface area (Å²) in [6.45, 7) is 2.85. The minimum absolute atomic E-state index is 0.0409. The van der Waals surface area contributed by atoms with Crippen LogP contribution in [0.1, 0.15) is 35.1 Å². The van der Waals surface area contributed by atoms with E-state index in [1.54, 1.807) is 12.1 Å². The van der Waals surface area contributed by atoms with E-state index in [-0.39, 0.29) is 5.91 Å². The number of furan rings is 1. The summed E-state index contributed by atoms with van der Waals surface area (Å²) in [5.41, 5.74) is 1.01. The summed E-state index contributed by atoms with van der Waals surface area (Å²) in [5.74, 6) is 2.85. The van der Waals surface area contributed by atoms with Crippen molar-refractivity contribution in [3.05, 3.63) is 54.2 Å². The van der Waals surface area contributed by atoms with E-state index in [9.17, 15) is 4.79 Å². The number of rotatable bonds is 3. The van der Waals surface area contributed by atoms with Gasteiger partial charge in [0.15, 0.2) is 5.76 Å². The van der Waals surface area contributed by atoms with E-state index in [1.165, 1.54) is 19.1 Å². The molecule has 0 bridgehead atoms. The first kappa shape index (κ1) is 15.4. The van der Waals surface area contributed by atoms with Crippen LogP contribution in [0, 0.1) is 0 Å². The molecule has 0 N–H and O–H groups in total. The maximum atomic E-state index is 12.5. The predicted octanol–water partition coefficient (Wildman–Crippen LogP) is 3.06. The summed E-state index contributed by atoms with van der Waals surface area (Å²) in [6, 6.07) is 11.7. The van der Waals surface area contributed by atoms with Gasteiger partial charge >= 0.3 is 0 Å². The molecule has 3 aromatic rings. The van der Waals surface area contributed by atoms with Gasteiger partial charge in [-0.05, 0) is 37.1 Å². The Kier molecular flexibility index (Phi) is 3.62. The van der Waals surface area contributed by atoms with E-state index in [1.807, 2.05) is 17.0 Å². The number of anilines is 1. The maximum Gasteiger partial charge on any atom is 0.289 e. The molecular weight excluding hydrogens is 328 g/mol. The van der Waals surface area contributed by atoms with Crippen LogP contribution >= 0.6 is 0 Å². The molecule has 0 atom stereocenters. The fourth-order valence-corrected chi connectivity index (χ4v) is 3.52. The van der Waals surface area contributed by atoms with E-state index in [2.05, 4.69) is 17.0 Å². The second-order valence-corrected chi connectivity index (χ2v) is 6.95. The summed E-state index contributed by atoms with van der Waals surface area (Å²) in [7, 11) is 0. The first-order chi connectivity index (χ1) is 12.8. The molecule has 132 valence electrons. The Morgan fingerprint density at radius 2 is 1.81 bits per heavy atom. The van der Waals surface area contributed by atoms with Crippen LogP contribution in [0.25, 0.3) is 10.9 Å². The molecule has 1 aliphatic heterocycles. The Morgan fingerprint density at radius 1 is 1.00 bits per heavy atom. The molecule has 6 nitrogen and oxygen atoms in total. The van der Waals surface area contributed by atoms with E-state index in [4.69, 9.17) is 14.4 Å². The number of benzene rings is 1. The van der Waals surface area contributed by atoms with Gasteiger partial charge in [-0.25, -0.2) is 9.97 Å². The van der Waals surface area contributed by atoms with Crippen molar-refractivity contribution in [3.63, 3.8) is 0 Å². The van der Waals surface area contributed by atoms with Crippen molar-refractivity contribution in [2.45, 2.75) is 18.8 Å². The molecule has 1 aliphatic carbocycles. The highest BCUT2D eigenvalue weighted by Crippen LogP contribution is 2.39. The molecule has 2 aliphatic rings. The fourth-order valence-electron chi connectivity index (χ4n) is 3.52. The molecule has 1 aromatic carbocycles. The summed E-state index contributed by atoms with van der Waals surface area (Å²) in [4.78, 5) is 26.2. The van der Waals surface area contributed by atoms with Crippen LogP contribution < -0.4 is 4.90 Å². The van der Waals surface area contributed by atoms with Crippen molar-refractivity contribution in [1.29, 1.82) is 0 Å². The average Bonchev–Trinajstić information content (AvgIpc) is 3.41. The zero-order valence-corrected chi connectivity index (χ0v) is 14.5. The van der Waals surface area contributed by atoms with Crippen molar-refractivity contribution < 1.29 is 9.21 Å². The SMILES string of the molecule is O=C(c1ccco1)N1CCN(c2nc(C3CC3)nc3ccccc23)CC1. The highest BCUT2D eigenvalue weighted by molar-refractivity contribution is 5.92. The molecule has 2 fully saturated rings. The van der Waals surface area contributed by atoms with Crippen molar-refractivity contribution in [2.24, 2.45) is 0 Å². The molecule has 2 aromatic heterocycles. The molecule has 1 saturated heterocycles. The van der Waals surface area contributed by atoms with Crippen molar-refractivity contribution in [3.8, 4) is 0 Å². The van der Waals surface area contributed by atoms with Gasteiger partial charge in [0.1, 0.15) is 11.6 Å². The summed E-state index contributed by atoms with van der Waals surface area (Å²) >= 11 is 0. The van der Waals surface area contributed by atoms with Crippen molar-refractivity contribution in [2.75, 3.05) is 31.1 Å². The number of hydrogen-bond acceptors (Lipinski definition) is 5. The van der Waals surface area contributed by atoms with Gasteiger partial charge in [-0.2, -0.15) is 0 Å². The molecule has 26 heavy (non-hydrogen) atoms. The quantitative estimate of drug-likeness (QED) is 0.728. The Labute approximate surface area is 151 Å². The van der Waals surface area contributed by atoms with Crippen LogP contribution in [0.3, 0.4) is 0 Å². The number of hydrogen-bond donors (Lipinski definition) is 0. The first-order valence-corrected chi connectivity index (χ1v) is 9.14. The predicted molar refractivity (Wildman–Crippen MR) is 98.3 cm³/mol. The molecule has 0 unspecified atom stereocenters. The van der Waals surface area contributed by atoms with Crippen LogP contribution in [0.2, 0.25) is 0 Å². The van der Waals surface area contributed by atoms with E-state index >= 15 is 0 Å². The molecule has 6 heteroatoms. The molecule has 0 radical (unpaired) electrons. The largest absolute Gasteiger partial charge is 0.459 e. The molecule has 1 saturated carbocycles. The molecule has 1 amide bonds. The van der Waals surface area contributed by atoms with Gasteiger partial charge in [0.05, 0.1) is 11.8 Å². The Balaban J connectivity index is 1.40. The van der Waals surface area contributed by atoms with E-state index in [0.29, 0.717) is 24.8 Å². The lowest BCUT2D eigenvalue weighted by Crippen LogP contribution is -2.49. The zero-order chi connectivity index (χ0) is 17.5. The van der Waals surface area contributed by atoms with Gasteiger partial charge in [-0.15, -0.1) is 0 Å². The minimum Gasteiger partial charge on any atom is -0.459 e. The van der Waals surface area contributed by atoms with Gasteiger partial charge in [-0.1, -0.05) is 12.1 Å². The van der Waals surface area contributed by atoms with Gasteiger partial charge in [-0.3, -0.25) is 4.79 Å². The summed E-state index contributed by atoms with van der Waals surface area (Å²) in [5, 5.41) is 1.09. The third kappa shape index (κ3) is 2.71. The van der Waals surface area contributed by atoms with Crippen LogP contribution in [0.4, 0.5) is 5.82 Å². The first-order valence-electron chi connectivity index (χ1n) is 9.14. The standard InChI is InChI=1S/C20H20N4O2/c25-20(17-6-3-13-26-17)24-11-9-23(10-12-24)19-15-4-1-2-5-16(15)21-18(22-19)14-7-8-14/h1-6,13-14H,7-12H2. The number of carbonyl (C=O) groups excluding carboxylic acids is 1. The number of aromatic nitrogens is 2. The highest BCUT2D eigenvalue weighted by atomic mass is 16.3. The Hall–Kier alpha value is -2.89. The zero-order valence-electron chi connectivity index (χ0n) is 14.5. The van der Waals surface area contributed by atoms with Gasteiger partial charge in [0.25, 0.3) is 5.91 Å². The lowest BCUT2D eigenvalue weighted by atomic mass is 10.2. The Bertz CT molecular complexity index is 942. The second kappa shape index (κ2) is 6.12. The average molecular weight is 348 g/mol. The number of carbonyl (C=O) groups is 1. The van der Waals surface area contributed by atoms with Crippen LogP contribution in [0.5, 0.6) is 0 Å². The van der Waals surface area contributed by atoms with Crippen molar-refractivity contribution >= 4 is 22.6 Å². The third-order valence-corrected chi connectivity index (χ3v) is 5.14. The number of para-hydroxylation sites is 1. The molecular formula is C20H20N4O2. The third-order valence-electron chi connectivity index (χ3n) is 5.14. The number of amides is 1. The summed E-state index contributed by atoms with van der Waals surface area (Å²) < 4.78 is 5.24. The molecule has 0 spiro atoms. The monoisotopic (exact) mass is 348 g/mol. The number of nitrogens with zero attached hydrogens (tertiary/aromatic N) is 4. The summed E-state index contributed by atoms with van der Waals surface area (Å²) in [6.07, 6.45) is 3.91. The Morgan fingerprint density at radius 3 is 2.54 bits per heavy atom. The topological polar surface area (TPSA) is 62.5 Å². The van der Waals surface area contributed by atoms with Crippen molar-refractivity contribution in [1.82, 2.24) is 14.9 Å². The highest BCUT2D eigenvalue weighted by Gasteiger charge is 2.30. The second-order valence-electron chi connectivity index (χ2n) is 6.95. The van der Waals surface area contributed by atoms with Crippen LogP contribution in [0.15, 0.2) is 47.1 Å². The maximum absolute atomic E-state index is 12.5. The molecule has 5 rings (SSSR count). The van der Waals surface area contributed by atoms with Crippen LogP contribution in [-0.2, 0) is 0 Å². The minimum atomic E-state index is -0.0409. The fraction of sp³-hybridized carbons (Fsp3) is 0.350. The number of fused-ring (bicyclic) bond motifs is 1. The lowest BCUT2D eigenvalue weighted by molar-refractivity contribution is 0.0714. The smallest absolute Gasteiger partial charge is 0.289 e. The van der Waals surface area contributed by atoms with E-state index in [0.717, 1.165) is 35.6 Å². The van der Waals surface area contributed by atoms with Gasteiger partial charge in [0, 0.05) is 37.5 Å². The van der Waals surface area contributed by atoms with Gasteiger partial charge in [0.2, 0.25) is 0 Å². The molecule has 3 heterocycles. The lowest BCUT2D eigenvalue weighted by Gasteiger charge is -2.35.